The lowest BCUT2D eigenvalue weighted by atomic mass is 10.1. The van der Waals surface area contributed by atoms with E-state index in [1.807, 2.05) is 6.92 Å². The van der Waals surface area contributed by atoms with Crippen LogP contribution in [-0.2, 0) is 4.79 Å². The second kappa shape index (κ2) is 8.97. The lowest BCUT2D eigenvalue weighted by Gasteiger charge is -2.08. The number of carbonyl (C=O) groups excluding carboxylic acids is 1. The molecule has 0 saturated carbocycles. The van der Waals surface area contributed by atoms with E-state index in [9.17, 15) is 4.79 Å². The van der Waals surface area contributed by atoms with Gasteiger partial charge in [-0.3, -0.25) is 4.79 Å². The molecule has 0 spiro atoms. The van der Waals surface area contributed by atoms with Gasteiger partial charge in [-0.2, -0.15) is 0 Å². The number of hydrogen-bond acceptors (Lipinski definition) is 3. The molecule has 0 radical (unpaired) electrons. The van der Waals surface area contributed by atoms with Crippen LogP contribution in [0.4, 0.5) is 0 Å². The number of carbonyl (C=O) groups is 1. The second-order valence-corrected chi connectivity index (χ2v) is 3.61. The Morgan fingerprint density at radius 3 is 2.64 bits per heavy atom. The summed E-state index contributed by atoms with van der Waals surface area (Å²) in [6.07, 6.45) is 2.74. The Balaban J connectivity index is 3.22. The fourth-order valence-corrected chi connectivity index (χ4v) is 1.10. The molecule has 1 amide bonds. The van der Waals surface area contributed by atoms with Crippen LogP contribution in [-0.4, -0.2) is 35.9 Å². The van der Waals surface area contributed by atoms with Crippen molar-refractivity contribution in [2.75, 3.05) is 19.8 Å². The summed E-state index contributed by atoms with van der Waals surface area (Å²) in [7, 11) is 0. The van der Waals surface area contributed by atoms with E-state index in [2.05, 4.69) is 5.32 Å². The highest BCUT2D eigenvalue weighted by molar-refractivity contribution is 5.75. The molecular weight excluding hydrogens is 182 g/mol. The summed E-state index contributed by atoms with van der Waals surface area (Å²) in [6.45, 7) is 2.91. The zero-order valence-electron chi connectivity index (χ0n) is 8.83. The van der Waals surface area contributed by atoms with Gasteiger partial charge in [0.2, 0.25) is 5.91 Å². The van der Waals surface area contributed by atoms with Crippen LogP contribution in [0.2, 0.25) is 0 Å². The normalized spacial score (nSPS) is 12.5. The molecule has 0 aliphatic heterocycles. The summed E-state index contributed by atoms with van der Waals surface area (Å²) in [5.41, 5.74) is 0. The van der Waals surface area contributed by atoms with Gasteiger partial charge in [-0.25, -0.2) is 0 Å². The summed E-state index contributed by atoms with van der Waals surface area (Å²) in [4.78, 5) is 11.0. The maximum atomic E-state index is 11.0. The Labute approximate surface area is 85.3 Å². The van der Waals surface area contributed by atoms with Crippen molar-refractivity contribution < 1.29 is 15.0 Å². The quantitative estimate of drug-likeness (QED) is 0.496. The number of rotatable bonds is 8. The number of nitrogens with one attached hydrogen (secondary N) is 1. The minimum absolute atomic E-state index is 0.00398. The fourth-order valence-electron chi connectivity index (χ4n) is 1.10. The minimum atomic E-state index is -0.00398. The largest absolute Gasteiger partial charge is 0.396 e. The first-order valence-electron chi connectivity index (χ1n) is 5.19. The molecule has 14 heavy (non-hydrogen) atoms. The van der Waals surface area contributed by atoms with E-state index in [1.54, 1.807) is 0 Å². The Hall–Kier alpha value is -0.610. The van der Waals surface area contributed by atoms with Crippen LogP contribution >= 0.6 is 0 Å². The molecular formula is C10H21NO3. The van der Waals surface area contributed by atoms with Crippen LogP contribution in [0, 0.1) is 5.92 Å². The van der Waals surface area contributed by atoms with Crippen LogP contribution in [0.1, 0.15) is 32.6 Å². The van der Waals surface area contributed by atoms with E-state index in [0.717, 1.165) is 12.8 Å². The van der Waals surface area contributed by atoms with Gasteiger partial charge < -0.3 is 15.5 Å². The monoisotopic (exact) mass is 203 g/mol. The third-order valence-electron chi connectivity index (χ3n) is 2.07. The van der Waals surface area contributed by atoms with E-state index in [-0.39, 0.29) is 19.1 Å². The van der Waals surface area contributed by atoms with Crippen molar-refractivity contribution in [3.05, 3.63) is 0 Å². The third kappa shape index (κ3) is 8.01. The molecule has 0 aromatic heterocycles. The van der Waals surface area contributed by atoms with Crippen molar-refractivity contribution in [3.8, 4) is 0 Å². The Morgan fingerprint density at radius 2 is 2.07 bits per heavy atom. The summed E-state index contributed by atoms with van der Waals surface area (Å²) in [5.74, 6) is 0.306. The molecule has 1 unspecified atom stereocenters. The van der Waals surface area contributed by atoms with E-state index >= 15 is 0 Å². The minimum Gasteiger partial charge on any atom is -0.396 e. The standard InChI is InChI=1S/C10H21NO3/c1-9(8-13)4-2-6-11-10(14)5-3-7-12/h9,12-13H,2-8H2,1H3,(H,11,14). The summed E-state index contributed by atoms with van der Waals surface area (Å²) >= 11 is 0. The first-order chi connectivity index (χ1) is 6.70. The Morgan fingerprint density at radius 1 is 1.36 bits per heavy atom. The van der Waals surface area contributed by atoms with Crippen LogP contribution in [0.15, 0.2) is 0 Å². The van der Waals surface area contributed by atoms with Crippen molar-refractivity contribution in [2.45, 2.75) is 32.6 Å². The van der Waals surface area contributed by atoms with Crippen molar-refractivity contribution in [1.29, 1.82) is 0 Å². The van der Waals surface area contributed by atoms with Crippen LogP contribution in [0.3, 0.4) is 0 Å². The van der Waals surface area contributed by atoms with E-state index in [1.165, 1.54) is 0 Å². The van der Waals surface area contributed by atoms with Crippen LogP contribution in [0.25, 0.3) is 0 Å². The van der Waals surface area contributed by atoms with Gasteiger partial charge in [0.05, 0.1) is 0 Å². The van der Waals surface area contributed by atoms with Crippen LogP contribution in [0.5, 0.6) is 0 Å². The third-order valence-corrected chi connectivity index (χ3v) is 2.07. The second-order valence-electron chi connectivity index (χ2n) is 3.61. The van der Waals surface area contributed by atoms with Gasteiger partial charge in [0.25, 0.3) is 0 Å². The van der Waals surface area contributed by atoms with Crippen molar-refractivity contribution in [2.24, 2.45) is 5.92 Å². The van der Waals surface area contributed by atoms with Gasteiger partial charge in [0.15, 0.2) is 0 Å². The lowest BCUT2D eigenvalue weighted by Crippen LogP contribution is -2.24. The van der Waals surface area contributed by atoms with Crippen LogP contribution < -0.4 is 5.32 Å². The lowest BCUT2D eigenvalue weighted by molar-refractivity contribution is -0.121. The topological polar surface area (TPSA) is 69.6 Å². The highest BCUT2D eigenvalue weighted by Crippen LogP contribution is 2.02. The zero-order valence-corrected chi connectivity index (χ0v) is 8.83. The van der Waals surface area contributed by atoms with Crippen molar-refractivity contribution >= 4 is 5.91 Å². The maximum absolute atomic E-state index is 11.0. The molecule has 0 fully saturated rings. The molecule has 84 valence electrons. The van der Waals surface area contributed by atoms with Gasteiger partial charge in [0.1, 0.15) is 0 Å². The molecule has 4 heteroatoms. The summed E-state index contributed by atoms with van der Waals surface area (Å²) in [6, 6.07) is 0. The molecule has 0 saturated heterocycles. The fraction of sp³-hybridized carbons (Fsp3) is 0.900. The number of hydrogen-bond donors (Lipinski definition) is 3. The molecule has 4 nitrogen and oxygen atoms in total. The van der Waals surface area contributed by atoms with Gasteiger partial charge in [-0.1, -0.05) is 6.92 Å². The van der Waals surface area contributed by atoms with E-state index in [0.29, 0.717) is 25.3 Å². The first-order valence-corrected chi connectivity index (χ1v) is 5.19. The number of aliphatic hydroxyl groups excluding tert-OH is 2. The predicted molar refractivity (Wildman–Crippen MR) is 54.8 cm³/mol. The molecule has 0 heterocycles. The molecule has 3 N–H and O–H groups in total. The van der Waals surface area contributed by atoms with Gasteiger partial charge in [0, 0.05) is 26.2 Å². The van der Waals surface area contributed by atoms with Crippen molar-refractivity contribution in [1.82, 2.24) is 5.32 Å². The molecule has 0 aromatic rings. The SMILES string of the molecule is CC(CO)CCCNC(=O)CCCO. The maximum Gasteiger partial charge on any atom is 0.220 e. The number of amides is 1. The first kappa shape index (κ1) is 13.4. The smallest absolute Gasteiger partial charge is 0.220 e. The van der Waals surface area contributed by atoms with E-state index < -0.39 is 0 Å². The Bertz CT molecular complexity index is 150. The summed E-state index contributed by atoms with van der Waals surface area (Å²) in [5, 5.41) is 20.0. The predicted octanol–water partition coefficient (Wildman–Crippen LogP) is 0.284. The molecule has 0 bridgehead atoms. The van der Waals surface area contributed by atoms with Crippen molar-refractivity contribution in [3.63, 3.8) is 0 Å². The van der Waals surface area contributed by atoms with Gasteiger partial charge in [-0.05, 0) is 25.2 Å². The van der Waals surface area contributed by atoms with Gasteiger partial charge in [-0.15, -0.1) is 0 Å². The van der Waals surface area contributed by atoms with Gasteiger partial charge >= 0.3 is 0 Å². The molecule has 0 aliphatic carbocycles. The zero-order chi connectivity index (χ0) is 10.8. The average Bonchev–Trinajstić information content (AvgIpc) is 2.21. The molecule has 0 aromatic carbocycles. The van der Waals surface area contributed by atoms with E-state index in [4.69, 9.17) is 10.2 Å². The molecule has 0 rings (SSSR count). The summed E-state index contributed by atoms with van der Waals surface area (Å²) < 4.78 is 0. The highest BCUT2D eigenvalue weighted by atomic mass is 16.3. The Kier molecular flexibility index (Phi) is 8.57. The highest BCUT2D eigenvalue weighted by Gasteiger charge is 2.01. The molecule has 0 aliphatic rings. The molecule has 1 atom stereocenters. The number of aliphatic hydroxyl groups is 2. The average molecular weight is 203 g/mol.